The summed E-state index contributed by atoms with van der Waals surface area (Å²) in [6.07, 6.45) is 0. The fourth-order valence-corrected chi connectivity index (χ4v) is 3.52. The van der Waals surface area contributed by atoms with Crippen molar-refractivity contribution in [2.45, 2.75) is 5.16 Å². The molecule has 0 spiro atoms. The maximum absolute atomic E-state index is 12.6. The number of nitrogens with one attached hydrogen (secondary N) is 2. The first kappa shape index (κ1) is 22.9. The van der Waals surface area contributed by atoms with Gasteiger partial charge in [0.15, 0.2) is 16.7 Å². The third kappa shape index (κ3) is 5.46. The van der Waals surface area contributed by atoms with E-state index in [9.17, 15) is 14.4 Å². The number of benzene rings is 2. The van der Waals surface area contributed by atoms with Crippen LogP contribution in [-0.2, 0) is 9.53 Å². The van der Waals surface area contributed by atoms with Gasteiger partial charge in [0.25, 0.3) is 5.56 Å². The van der Waals surface area contributed by atoms with Crippen LogP contribution < -0.4 is 20.3 Å². The van der Waals surface area contributed by atoms with Crippen LogP contribution in [0.1, 0.15) is 10.4 Å². The minimum Gasteiger partial charge on any atom is -0.493 e. The Hall–Kier alpha value is -3.79. The third-order valence-corrected chi connectivity index (χ3v) is 5.21. The van der Waals surface area contributed by atoms with Gasteiger partial charge >= 0.3 is 5.97 Å². The maximum atomic E-state index is 12.6. The number of ether oxygens (including phenoxy) is 3. The van der Waals surface area contributed by atoms with Gasteiger partial charge < -0.3 is 24.5 Å². The molecule has 0 atom stereocenters. The minimum atomic E-state index is -0.643. The van der Waals surface area contributed by atoms with Crippen molar-refractivity contribution >= 4 is 29.3 Å². The van der Waals surface area contributed by atoms with Gasteiger partial charge in [-0.15, -0.1) is 0 Å². The lowest BCUT2D eigenvalue weighted by Gasteiger charge is -2.14. The number of hydrogen-bond acceptors (Lipinski definition) is 8. The van der Waals surface area contributed by atoms with Crippen molar-refractivity contribution in [1.29, 1.82) is 0 Å². The number of nitrogens with zero attached hydrogens (tertiary/aromatic N) is 1. The number of amides is 1. The number of methoxy groups -OCH3 is 3. The van der Waals surface area contributed by atoms with Gasteiger partial charge in [-0.3, -0.25) is 9.59 Å². The van der Waals surface area contributed by atoms with E-state index in [1.165, 1.54) is 39.5 Å². The van der Waals surface area contributed by atoms with Crippen molar-refractivity contribution in [3.8, 4) is 22.8 Å². The van der Waals surface area contributed by atoms with Gasteiger partial charge in [-0.1, -0.05) is 42.1 Å². The van der Waals surface area contributed by atoms with E-state index in [1.807, 2.05) is 30.3 Å². The summed E-state index contributed by atoms with van der Waals surface area (Å²) in [4.78, 5) is 43.8. The normalized spacial score (nSPS) is 10.3. The Morgan fingerprint density at radius 1 is 1.03 bits per heavy atom. The van der Waals surface area contributed by atoms with Crippen molar-refractivity contribution in [3.63, 3.8) is 0 Å². The molecule has 0 radical (unpaired) electrons. The van der Waals surface area contributed by atoms with Crippen molar-refractivity contribution < 1.29 is 23.8 Å². The molecule has 1 heterocycles. The number of rotatable bonds is 8. The molecule has 0 unspecified atom stereocenters. The van der Waals surface area contributed by atoms with Crippen LogP contribution in [0.3, 0.4) is 0 Å². The second-order valence-electron chi connectivity index (χ2n) is 6.38. The molecule has 2 N–H and O–H groups in total. The molecule has 32 heavy (non-hydrogen) atoms. The van der Waals surface area contributed by atoms with Gasteiger partial charge in [-0.25, -0.2) is 9.78 Å². The molecule has 3 rings (SSSR count). The largest absolute Gasteiger partial charge is 0.493 e. The number of carbonyl (C=O) groups is 2. The first-order valence-corrected chi connectivity index (χ1v) is 10.4. The molecule has 1 aromatic heterocycles. The Kier molecular flexibility index (Phi) is 7.50. The predicted octanol–water partition coefficient (Wildman–Crippen LogP) is 2.97. The Labute approximate surface area is 188 Å². The van der Waals surface area contributed by atoms with Gasteiger partial charge in [0.1, 0.15) is 0 Å². The van der Waals surface area contributed by atoms with Gasteiger partial charge in [0.2, 0.25) is 5.91 Å². The van der Waals surface area contributed by atoms with Crippen molar-refractivity contribution in [2.24, 2.45) is 0 Å². The van der Waals surface area contributed by atoms with Crippen LogP contribution in [-0.4, -0.2) is 48.9 Å². The number of thioether (sulfide) groups is 1. The molecule has 0 saturated heterocycles. The fraction of sp³-hybridized carbons (Fsp3) is 0.182. The van der Waals surface area contributed by atoms with Crippen LogP contribution in [0.2, 0.25) is 0 Å². The molecule has 3 aromatic rings. The summed E-state index contributed by atoms with van der Waals surface area (Å²) in [6.45, 7) is 0. The molecule has 9 nitrogen and oxygen atoms in total. The predicted molar refractivity (Wildman–Crippen MR) is 121 cm³/mol. The summed E-state index contributed by atoms with van der Waals surface area (Å²) in [5.74, 6) is -0.462. The molecule has 166 valence electrons. The van der Waals surface area contributed by atoms with E-state index in [1.54, 1.807) is 0 Å². The van der Waals surface area contributed by atoms with E-state index in [0.29, 0.717) is 22.3 Å². The zero-order valence-corrected chi connectivity index (χ0v) is 18.4. The van der Waals surface area contributed by atoms with Crippen LogP contribution in [0.15, 0.2) is 58.5 Å². The van der Waals surface area contributed by atoms with Crippen LogP contribution in [0.4, 0.5) is 5.69 Å². The second kappa shape index (κ2) is 10.5. The lowest BCUT2D eigenvalue weighted by atomic mass is 10.1. The van der Waals surface area contributed by atoms with Crippen LogP contribution >= 0.6 is 11.8 Å². The SMILES string of the molecule is COC(=O)c1cc(OC)c(OC)cc1NC(=O)CSc1nc(-c2ccccc2)cc(=O)[nH]1. The van der Waals surface area contributed by atoms with Gasteiger partial charge in [-0.2, -0.15) is 0 Å². The lowest BCUT2D eigenvalue weighted by molar-refractivity contribution is -0.113. The second-order valence-corrected chi connectivity index (χ2v) is 7.35. The van der Waals surface area contributed by atoms with Crippen LogP contribution in [0, 0.1) is 0 Å². The summed E-state index contributed by atoms with van der Waals surface area (Å²) in [7, 11) is 4.12. The number of aromatic nitrogens is 2. The van der Waals surface area contributed by atoms with E-state index in [2.05, 4.69) is 15.3 Å². The highest BCUT2D eigenvalue weighted by molar-refractivity contribution is 7.99. The van der Waals surface area contributed by atoms with Crippen molar-refractivity contribution in [1.82, 2.24) is 9.97 Å². The standard InChI is InChI=1S/C22H21N3O6S/c1-29-17-9-14(21(28)31-3)16(10-18(17)30-2)23-20(27)12-32-22-24-15(11-19(26)25-22)13-7-5-4-6-8-13/h4-11H,12H2,1-3H3,(H,23,27)(H,24,25,26). The molecular formula is C22H21N3O6S. The minimum absolute atomic E-state index is 0.0594. The highest BCUT2D eigenvalue weighted by Gasteiger charge is 2.19. The Balaban J connectivity index is 1.77. The molecule has 1 amide bonds. The summed E-state index contributed by atoms with van der Waals surface area (Å²) in [6, 6.07) is 13.5. The Morgan fingerprint density at radius 3 is 2.38 bits per heavy atom. The molecule has 10 heteroatoms. The van der Waals surface area contributed by atoms with Crippen LogP contribution in [0.25, 0.3) is 11.3 Å². The summed E-state index contributed by atoms with van der Waals surface area (Å²) in [5.41, 5.74) is 1.29. The van der Waals surface area contributed by atoms with E-state index in [4.69, 9.17) is 14.2 Å². The molecule has 0 aliphatic rings. The smallest absolute Gasteiger partial charge is 0.340 e. The molecule has 0 bridgehead atoms. The molecular weight excluding hydrogens is 434 g/mol. The van der Waals surface area contributed by atoms with E-state index >= 15 is 0 Å². The number of aromatic amines is 1. The molecule has 0 aliphatic heterocycles. The highest BCUT2D eigenvalue weighted by Crippen LogP contribution is 2.34. The quantitative estimate of drug-likeness (QED) is 0.302. The van der Waals surface area contributed by atoms with E-state index < -0.39 is 11.9 Å². The zero-order valence-electron chi connectivity index (χ0n) is 17.6. The lowest BCUT2D eigenvalue weighted by Crippen LogP contribution is -2.18. The van der Waals surface area contributed by atoms with Crippen LogP contribution in [0.5, 0.6) is 11.5 Å². The van der Waals surface area contributed by atoms with Gasteiger partial charge in [-0.05, 0) is 0 Å². The number of hydrogen-bond donors (Lipinski definition) is 2. The average Bonchev–Trinajstić information content (AvgIpc) is 2.82. The third-order valence-electron chi connectivity index (χ3n) is 4.33. The maximum Gasteiger partial charge on any atom is 0.340 e. The fourth-order valence-electron chi connectivity index (χ4n) is 2.84. The molecule has 0 saturated carbocycles. The molecule has 0 aliphatic carbocycles. The van der Waals surface area contributed by atoms with E-state index in [-0.39, 0.29) is 22.6 Å². The highest BCUT2D eigenvalue weighted by atomic mass is 32.2. The molecule has 0 fully saturated rings. The average molecular weight is 455 g/mol. The van der Waals surface area contributed by atoms with Crippen molar-refractivity contribution in [3.05, 3.63) is 64.4 Å². The summed E-state index contributed by atoms with van der Waals surface area (Å²) >= 11 is 1.06. The number of H-pyrrole nitrogens is 1. The Morgan fingerprint density at radius 2 is 1.72 bits per heavy atom. The Bertz CT molecular complexity index is 1180. The number of esters is 1. The monoisotopic (exact) mass is 455 g/mol. The first-order valence-electron chi connectivity index (χ1n) is 9.39. The van der Waals surface area contributed by atoms with Gasteiger partial charge in [0, 0.05) is 23.8 Å². The van der Waals surface area contributed by atoms with E-state index in [0.717, 1.165) is 17.3 Å². The van der Waals surface area contributed by atoms with Gasteiger partial charge in [0.05, 0.1) is 44.0 Å². The molecule has 2 aromatic carbocycles. The zero-order chi connectivity index (χ0) is 23.1. The number of anilines is 1. The number of carbonyl (C=O) groups excluding carboxylic acids is 2. The topological polar surface area (TPSA) is 120 Å². The summed E-state index contributed by atoms with van der Waals surface area (Å²) in [5, 5.41) is 2.97. The van der Waals surface area contributed by atoms with Crippen molar-refractivity contribution in [2.75, 3.05) is 32.4 Å². The summed E-state index contributed by atoms with van der Waals surface area (Å²) < 4.78 is 15.2. The first-order chi connectivity index (χ1) is 15.4.